The van der Waals surface area contributed by atoms with Gasteiger partial charge in [0, 0.05) is 58.6 Å². The largest absolute Gasteiger partial charge is 0.373 e. The highest BCUT2D eigenvalue weighted by atomic mass is 127. The molecule has 1 aromatic rings. The normalized spacial score (nSPS) is 23.8. The number of hydrogen-bond acceptors (Lipinski definition) is 5. The molecular formula is C18H33IN6O2. The lowest BCUT2D eigenvalue weighted by Gasteiger charge is -2.38. The number of nitrogens with zero attached hydrogens (tertiary/aromatic N) is 5. The van der Waals surface area contributed by atoms with Crippen LogP contribution >= 0.6 is 24.0 Å². The van der Waals surface area contributed by atoms with Gasteiger partial charge in [0.1, 0.15) is 6.10 Å². The lowest BCUT2D eigenvalue weighted by Crippen LogP contribution is -2.52. The second-order valence-electron chi connectivity index (χ2n) is 7.61. The highest BCUT2D eigenvalue weighted by molar-refractivity contribution is 14.0. The first-order chi connectivity index (χ1) is 12.5. The fourth-order valence-electron chi connectivity index (χ4n) is 3.61. The van der Waals surface area contributed by atoms with Gasteiger partial charge in [-0.25, -0.2) is 0 Å². The molecule has 2 aliphatic heterocycles. The van der Waals surface area contributed by atoms with Crippen LogP contribution in [0.15, 0.2) is 17.4 Å². The first kappa shape index (κ1) is 22.4. The Morgan fingerprint density at radius 3 is 2.85 bits per heavy atom. The quantitative estimate of drug-likeness (QED) is 0.386. The monoisotopic (exact) mass is 492 g/mol. The third-order valence-corrected chi connectivity index (χ3v) is 4.89. The maximum atomic E-state index is 5.92. The smallest absolute Gasteiger partial charge is 0.193 e. The van der Waals surface area contributed by atoms with E-state index in [-0.39, 0.29) is 35.7 Å². The Balaban J connectivity index is 0.00000261. The number of rotatable bonds is 4. The standard InChI is InChI=1S/C18H32N6O2.HI/c1-18(2)14-23(7-10-26-18)6-5-20-17(19-3)24-8-9-25-16(13-24)15-11-21-22(4)12-15;/h11-12,16H,5-10,13-14H2,1-4H3,(H,19,20);1H. The van der Waals surface area contributed by atoms with E-state index in [4.69, 9.17) is 9.47 Å². The Bertz CT molecular complexity index is 621. The van der Waals surface area contributed by atoms with Crippen LogP contribution in [0.2, 0.25) is 0 Å². The molecule has 0 amide bonds. The zero-order chi connectivity index (χ0) is 18.6. The molecule has 27 heavy (non-hydrogen) atoms. The minimum Gasteiger partial charge on any atom is -0.373 e. The minimum atomic E-state index is -0.0545. The van der Waals surface area contributed by atoms with Gasteiger partial charge in [0.05, 0.1) is 31.6 Å². The van der Waals surface area contributed by atoms with Crippen molar-refractivity contribution in [2.24, 2.45) is 12.0 Å². The van der Waals surface area contributed by atoms with Gasteiger partial charge in [-0.1, -0.05) is 0 Å². The van der Waals surface area contributed by atoms with E-state index in [0.29, 0.717) is 6.61 Å². The number of aryl methyl sites for hydroxylation is 1. The second kappa shape index (κ2) is 10.0. The molecule has 1 unspecified atom stereocenters. The maximum Gasteiger partial charge on any atom is 0.193 e. The molecule has 3 rings (SSSR count). The van der Waals surface area contributed by atoms with Gasteiger partial charge in [-0.2, -0.15) is 5.10 Å². The summed E-state index contributed by atoms with van der Waals surface area (Å²) in [6, 6.07) is 0. The summed E-state index contributed by atoms with van der Waals surface area (Å²) in [5.74, 6) is 0.940. The van der Waals surface area contributed by atoms with Crippen LogP contribution in [0, 0.1) is 0 Å². The molecule has 2 aliphatic rings. The van der Waals surface area contributed by atoms with Crippen molar-refractivity contribution >= 4 is 29.9 Å². The summed E-state index contributed by atoms with van der Waals surface area (Å²) in [5, 5.41) is 7.76. The number of hydrogen-bond donors (Lipinski definition) is 1. The molecule has 1 N–H and O–H groups in total. The van der Waals surface area contributed by atoms with Crippen molar-refractivity contribution in [3.63, 3.8) is 0 Å². The van der Waals surface area contributed by atoms with E-state index in [1.807, 2.05) is 31.2 Å². The summed E-state index contributed by atoms with van der Waals surface area (Å²) in [6.07, 6.45) is 3.94. The second-order valence-corrected chi connectivity index (χ2v) is 7.61. The maximum absolute atomic E-state index is 5.92. The SMILES string of the molecule is CN=C(NCCN1CCOC(C)(C)C1)N1CCOC(c2cnn(C)c2)C1.I. The number of morpholine rings is 2. The van der Waals surface area contributed by atoms with E-state index < -0.39 is 0 Å². The fraction of sp³-hybridized carbons (Fsp3) is 0.778. The van der Waals surface area contributed by atoms with Crippen molar-refractivity contribution in [3.05, 3.63) is 18.0 Å². The van der Waals surface area contributed by atoms with Gasteiger partial charge in [-0.05, 0) is 13.8 Å². The fourth-order valence-corrected chi connectivity index (χ4v) is 3.61. The first-order valence-corrected chi connectivity index (χ1v) is 9.39. The van der Waals surface area contributed by atoms with Crippen molar-refractivity contribution in [1.29, 1.82) is 0 Å². The Morgan fingerprint density at radius 1 is 1.37 bits per heavy atom. The topological polar surface area (TPSA) is 67.2 Å². The number of ether oxygens (including phenoxy) is 2. The minimum absolute atomic E-state index is 0. The van der Waals surface area contributed by atoms with Crippen molar-refractivity contribution in [3.8, 4) is 0 Å². The zero-order valence-corrected chi connectivity index (χ0v) is 19.2. The molecule has 1 atom stereocenters. The van der Waals surface area contributed by atoms with Gasteiger partial charge in [-0.15, -0.1) is 24.0 Å². The first-order valence-electron chi connectivity index (χ1n) is 9.39. The molecule has 0 spiro atoms. The Morgan fingerprint density at radius 2 is 2.19 bits per heavy atom. The molecule has 154 valence electrons. The lowest BCUT2D eigenvalue weighted by atomic mass is 10.1. The molecule has 0 aromatic carbocycles. The average molecular weight is 492 g/mol. The molecule has 2 fully saturated rings. The number of nitrogens with one attached hydrogen (secondary N) is 1. The molecule has 0 bridgehead atoms. The van der Waals surface area contributed by atoms with Crippen molar-refractivity contribution in [2.45, 2.75) is 25.6 Å². The van der Waals surface area contributed by atoms with Gasteiger partial charge in [0.2, 0.25) is 0 Å². The molecule has 0 aliphatic carbocycles. The predicted molar refractivity (Wildman–Crippen MR) is 117 cm³/mol. The van der Waals surface area contributed by atoms with E-state index >= 15 is 0 Å². The van der Waals surface area contributed by atoms with Gasteiger partial charge in [0.25, 0.3) is 0 Å². The van der Waals surface area contributed by atoms with Crippen molar-refractivity contribution in [2.75, 3.05) is 59.5 Å². The van der Waals surface area contributed by atoms with E-state index in [0.717, 1.165) is 57.4 Å². The van der Waals surface area contributed by atoms with Crippen LogP contribution in [0.25, 0.3) is 0 Å². The van der Waals surface area contributed by atoms with Gasteiger partial charge < -0.3 is 19.7 Å². The number of aromatic nitrogens is 2. The summed E-state index contributed by atoms with van der Waals surface area (Å²) in [7, 11) is 3.77. The molecule has 0 radical (unpaired) electrons. The third kappa shape index (κ3) is 6.30. The summed E-state index contributed by atoms with van der Waals surface area (Å²) in [4.78, 5) is 9.18. The zero-order valence-electron chi connectivity index (χ0n) is 16.8. The summed E-state index contributed by atoms with van der Waals surface area (Å²) in [6.45, 7) is 11.3. The number of aliphatic imine (C=N–C) groups is 1. The van der Waals surface area contributed by atoms with Crippen LogP contribution in [0.3, 0.4) is 0 Å². The van der Waals surface area contributed by atoms with E-state index in [1.54, 1.807) is 0 Å². The van der Waals surface area contributed by atoms with Gasteiger partial charge >= 0.3 is 0 Å². The Labute approximate surface area is 179 Å². The van der Waals surface area contributed by atoms with Crippen LogP contribution in [0.4, 0.5) is 0 Å². The van der Waals surface area contributed by atoms with E-state index in [1.165, 1.54) is 0 Å². The molecule has 8 nitrogen and oxygen atoms in total. The van der Waals surface area contributed by atoms with Crippen LogP contribution < -0.4 is 5.32 Å². The van der Waals surface area contributed by atoms with Crippen LogP contribution in [0.1, 0.15) is 25.5 Å². The third-order valence-electron chi connectivity index (χ3n) is 4.89. The van der Waals surface area contributed by atoms with Crippen molar-refractivity contribution < 1.29 is 9.47 Å². The Hall–Kier alpha value is -0.910. The van der Waals surface area contributed by atoms with Crippen LogP contribution in [-0.2, 0) is 16.5 Å². The summed E-state index contributed by atoms with van der Waals surface area (Å²) in [5.41, 5.74) is 1.06. The predicted octanol–water partition coefficient (Wildman–Crippen LogP) is 1.10. The molecule has 1 aromatic heterocycles. The molecule has 0 saturated carbocycles. The lowest BCUT2D eigenvalue weighted by molar-refractivity contribution is -0.0852. The highest BCUT2D eigenvalue weighted by Gasteiger charge is 2.27. The van der Waals surface area contributed by atoms with E-state index in [9.17, 15) is 0 Å². The Kier molecular flexibility index (Phi) is 8.32. The van der Waals surface area contributed by atoms with Gasteiger partial charge in [-0.3, -0.25) is 14.6 Å². The number of halogens is 1. The molecule has 3 heterocycles. The highest BCUT2D eigenvalue weighted by Crippen LogP contribution is 2.21. The molecule has 2 saturated heterocycles. The number of guanidine groups is 1. The van der Waals surface area contributed by atoms with Gasteiger partial charge in [0.15, 0.2) is 5.96 Å². The summed E-state index contributed by atoms with van der Waals surface area (Å²) >= 11 is 0. The van der Waals surface area contributed by atoms with Crippen LogP contribution in [0.5, 0.6) is 0 Å². The molecule has 9 heteroatoms. The molecular weight excluding hydrogens is 459 g/mol. The van der Waals surface area contributed by atoms with Crippen LogP contribution in [-0.4, -0.2) is 90.7 Å². The van der Waals surface area contributed by atoms with Crippen molar-refractivity contribution in [1.82, 2.24) is 24.9 Å². The van der Waals surface area contributed by atoms with E-state index in [2.05, 4.69) is 39.1 Å². The average Bonchev–Trinajstić information content (AvgIpc) is 3.05. The summed E-state index contributed by atoms with van der Waals surface area (Å²) < 4.78 is 13.5.